The Labute approximate surface area is 88.0 Å². The van der Waals surface area contributed by atoms with Crippen LogP contribution in [0, 0.1) is 0 Å². The summed E-state index contributed by atoms with van der Waals surface area (Å²) in [7, 11) is 1.52. The molecule has 4 heteroatoms. The third-order valence-electron chi connectivity index (χ3n) is 1.63. The molecule has 0 amide bonds. The topological polar surface area (TPSA) is 42.4 Å². The minimum absolute atomic E-state index is 0.147. The molecule has 0 saturated heterocycles. The summed E-state index contributed by atoms with van der Waals surface area (Å²) in [4.78, 5) is 4.01. The molecule has 0 aliphatic rings. The van der Waals surface area contributed by atoms with Gasteiger partial charge < -0.3 is 9.84 Å². The number of ether oxygens (including phenoxy) is 1. The van der Waals surface area contributed by atoms with Crippen molar-refractivity contribution in [1.29, 1.82) is 0 Å². The molecule has 0 aromatic carbocycles. The van der Waals surface area contributed by atoms with Gasteiger partial charge in [-0.1, -0.05) is 23.8 Å². The van der Waals surface area contributed by atoms with Gasteiger partial charge >= 0.3 is 0 Å². The number of nitrogens with zero attached hydrogens (tertiary/aromatic N) is 1. The summed E-state index contributed by atoms with van der Waals surface area (Å²) >= 11 is 5.87. The highest BCUT2D eigenvalue weighted by Gasteiger charge is 2.00. The Morgan fingerprint density at radius 1 is 1.64 bits per heavy atom. The van der Waals surface area contributed by atoms with E-state index in [1.54, 1.807) is 12.3 Å². The van der Waals surface area contributed by atoms with E-state index in [1.807, 2.05) is 12.2 Å². The third kappa shape index (κ3) is 3.01. The molecule has 76 valence electrons. The fourth-order valence-electron chi connectivity index (χ4n) is 0.975. The van der Waals surface area contributed by atoms with Gasteiger partial charge in [-0.25, -0.2) is 4.98 Å². The predicted molar refractivity (Wildman–Crippen MR) is 56.5 cm³/mol. The SMILES string of the molecule is COc1ncc(C=CCCO)cc1Cl. The molecule has 1 aromatic heterocycles. The van der Waals surface area contributed by atoms with Gasteiger partial charge in [0.1, 0.15) is 5.02 Å². The Kier molecular flexibility index (Phi) is 4.43. The van der Waals surface area contributed by atoms with Crippen LogP contribution < -0.4 is 4.74 Å². The van der Waals surface area contributed by atoms with Crippen LogP contribution in [0.3, 0.4) is 0 Å². The van der Waals surface area contributed by atoms with Crippen LogP contribution in [0.25, 0.3) is 6.08 Å². The standard InChI is InChI=1S/C10H12ClNO2/c1-14-10-9(11)6-8(7-12-10)4-2-3-5-13/h2,4,6-7,13H,3,5H2,1H3. The lowest BCUT2D eigenvalue weighted by Gasteiger charge is -2.01. The molecule has 0 unspecified atom stereocenters. The lowest BCUT2D eigenvalue weighted by molar-refractivity contribution is 0.303. The van der Waals surface area contributed by atoms with Gasteiger partial charge in [-0.3, -0.25) is 0 Å². The van der Waals surface area contributed by atoms with Crippen molar-refractivity contribution < 1.29 is 9.84 Å². The zero-order chi connectivity index (χ0) is 10.4. The van der Waals surface area contributed by atoms with Gasteiger partial charge in [0, 0.05) is 12.8 Å². The number of aromatic nitrogens is 1. The average molecular weight is 214 g/mol. The average Bonchev–Trinajstić information content (AvgIpc) is 2.18. The van der Waals surface area contributed by atoms with Crippen LogP contribution in [0.5, 0.6) is 5.88 Å². The fraction of sp³-hybridized carbons (Fsp3) is 0.300. The van der Waals surface area contributed by atoms with Crippen molar-refractivity contribution in [3.63, 3.8) is 0 Å². The molecule has 14 heavy (non-hydrogen) atoms. The molecule has 0 aliphatic heterocycles. The van der Waals surface area contributed by atoms with E-state index in [9.17, 15) is 0 Å². The molecule has 3 nitrogen and oxygen atoms in total. The Balaban J connectivity index is 2.76. The maximum atomic E-state index is 8.57. The lowest BCUT2D eigenvalue weighted by atomic mass is 10.2. The van der Waals surface area contributed by atoms with Crippen molar-refractivity contribution in [2.45, 2.75) is 6.42 Å². The van der Waals surface area contributed by atoms with Crippen LogP contribution in [0.15, 0.2) is 18.3 Å². The zero-order valence-electron chi connectivity index (χ0n) is 7.90. The van der Waals surface area contributed by atoms with E-state index in [0.29, 0.717) is 17.3 Å². The zero-order valence-corrected chi connectivity index (χ0v) is 8.66. The summed E-state index contributed by atoms with van der Waals surface area (Å²) in [5, 5.41) is 9.05. The second kappa shape index (κ2) is 5.62. The van der Waals surface area contributed by atoms with Gasteiger partial charge in [-0.05, 0) is 18.1 Å². The first-order valence-corrected chi connectivity index (χ1v) is 4.62. The van der Waals surface area contributed by atoms with E-state index >= 15 is 0 Å². The number of hydrogen-bond donors (Lipinski definition) is 1. The van der Waals surface area contributed by atoms with Crippen molar-refractivity contribution in [3.05, 3.63) is 28.9 Å². The highest BCUT2D eigenvalue weighted by Crippen LogP contribution is 2.22. The van der Waals surface area contributed by atoms with Crippen LogP contribution in [0.1, 0.15) is 12.0 Å². The largest absolute Gasteiger partial charge is 0.480 e. The van der Waals surface area contributed by atoms with E-state index in [-0.39, 0.29) is 6.61 Å². The number of aliphatic hydroxyl groups is 1. The smallest absolute Gasteiger partial charge is 0.232 e. The monoisotopic (exact) mass is 213 g/mol. The highest BCUT2D eigenvalue weighted by molar-refractivity contribution is 6.31. The Morgan fingerprint density at radius 3 is 3.00 bits per heavy atom. The fourth-order valence-corrected chi connectivity index (χ4v) is 1.23. The summed E-state index contributed by atoms with van der Waals surface area (Å²) in [6.45, 7) is 0.147. The third-order valence-corrected chi connectivity index (χ3v) is 1.90. The van der Waals surface area contributed by atoms with E-state index < -0.39 is 0 Å². The molecule has 0 radical (unpaired) electrons. The molecular weight excluding hydrogens is 202 g/mol. The summed E-state index contributed by atoms with van der Waals surface area (Å²) in [6.07, 6.45) is 6.01. The molecule has 1 aromatic rings. The number of hydrogen-bond acceptors (Lipinski definition) is 3. The summed E-state index contributed by atoms with van der Waals surface area (Å²) in [5.74, 6) is 0.422. The first kappa shape index (κ1) is 11.0. The number of halogens is 1. The maximum Gasteiger partial charge on any atom is 0.232 e. The lowest BCUT2D eigenvalue weighted by Crippen LogP contribution is -1.88. The first-order valence-electron chi connectivity index (χ1n) is 4.25. The predicted octanol–water partition coefficient (Wildman–Crippen LogP) is 2.14. The van der Waals surface area contributed by atoms with Gasteiger partial charge in [0.15, 0.2) is 0 Å². The van der Waals surface area contributed by atoms with Gasteiger partial charge in [0.2, 0.25) is 5.88 Å². The van der Waals surface area contributed by atoms with Crippen molar-refractivity contribution in [2.75, 3.05) is 13.7 Å². The van der Waals surface area contributed by atoms with Crippen molar-refractivity contribution in [3.8, 4) is 5.88 Å². The molecule has 1 rings (SSSR count). The van der Waals surface area contributed by atoms with Crippen molar-refractivity contribution >= 4 is 17.7 Å². The van der Waals surface area contributed by atoms with Crippen LogP contribution in [-0.4, -0.2) is 23.8 Å². The van der Waals surface area contributed by atoms with E-state index in [1.165, 1.54) is 7.11 Å². The quantitative estimate of drug-likeness (QED) is 0.833. The highest BCUT2D eigenvalue weighted by atomic mass is 35.5. The van der Waals surface area contributed by atoms with Crippen molar-refractivity contribution in [1.82, 2.24) is 4.98 Å². The van der Waals surface area contributed by atoms with Crippen molar-refractivity contribution in [2.24, 2.45) is 0 Å². The number of aliphatic hydroxyl groups excluding tert-OH is 1. The van der Waals surface area contributed by atoms with Crippen LogP contribution in [-0.2, 0) is 0 Å². The Bertz CT molecular complexity index is 326. The van der Waals surface area contributed by atoms with Gasteiger partial charge in [0.05, 0.1) is 7.11 Å². The van der Waals surface area contributed by atoms with E-state index in [0.717, 1.165) is 5.56 Å². The van der Waals surface area contributed by atoms with E-state index in [2.05, 4.69) is 4.98 Å². The Hall–Kier alpha value is -1.06. The molecule has 0 fully saturated rings. The molecule has 0 spiro atoms. The second-order valence-electron chi connectivity index (χ2n) is 2.67. The maximum absolute atomic E-state index is 8.57. The van der Waals surface area contributed by atoms with Gasteiger partial charge in [0.25, 0.3) is 0 Å². The van der Waals surface area contributed by atoms with Gasteiger partial charge in [-0.15, -0.1) is 0 Å². The number of rotatable bonds is 4. The summed E-state index contributed by atoms with van der Waals surface area (Å²) in [5.41, 5.74) is 0.893. The number of methoxy groups -OCH3 is 1. The molecule has 0 saturated carbocycles. The molecule has 0 aliphatic carbocycles. The Morgan fingerprint density at radius 2 is 2.43 bits per heavy atom. The van der Waals surface area contributed by atoms with Crippen LogP contribution >= 0.6 is 11.6 Å². The van der Waals surface area contributed by atoms with Gasteiger partial charge in [-0.2, -0.15) is 0 Å². The first-order chi connectivity index (χ1) is 6.77. The molecule has 0 atom stereocenters. The molecular formula is C10H12ClNO2. The molecule has 0 bridgehead atoms. The van der Waals surface area contributed by atoms with Crippen LogP contribution in [0.4, 0.5) is 0 Å². The normalized spacial score (nSPS) is 10.8. The van der Waals surface area contributed by atoms with E-state index in [4.69, 9.17) is 21.4 Å². The molecule has 1 N–H and O–H groups in total. The molecule has 1 heterocycles. The van der Waals surface area contributed by atoms with Crippen LogP contribution in [0.2, 0.25) is 5.02 Å². The summed E-state index contributed by atoms with van der Waals surface area (Å²) < 4.78 is 4.92. The summed E-state index contributed by atoms with van der Waals surface area (Å²) in [6, 6.07) is 1.77. The second-order valence-corrected chi connectivity index (χ2v) is 3.08. The minimum atomic E-state index is 0.147. The number of pyridine rings is 1. The minimum Gasteiger partial charge on any atom is -0.480 e.